The van der Waals surface area contributed by atoms with Crippen LogP contribution in [0.5, 0.6) is 0 Å². The molecule has 0 aliphatic carbocycles. The lowest BCUT2D eigenvalue weighted by Crippen LogP contribution is -2.50. The van der Waals surface area contributed by atoms with Gasteiger partial charge in [-0.1, -0.05) is 6.92 Å². The van der Waals surface area contributed by atoms with Gasteiger partial charge in [0.25, 0.3) is 0 Å². The molecule has 0 spiro atoms. The second-order valence-corrected chi connectivity index (χ2v) is 4.95. The van der Waals surface area contributed by atoms with E-state index in [1.54, 1.807) is 13.8 Å². The largest absolute Gasteiger partial charge is 0.481 e. The van der Waals surface area contributed by atoms with Crippen LogP contribution in [0.3, 0.4) is 0 Å². The highest BCUT2D eigenvalue weighted by atomic mass is 16.5. The van der Waals surface area contributed by atoms with E-state index in [1.165, 1.54) is 0 Å². The number of carboxylic acid groups (broad SMARTS) is 1. The third-order valence-corrected chi connectivity index (χ3v) is 3.17. The zero-order valence-electron chi connectivity index (χ0n) is 10.2. The highest BCUT2D eigenvalue weighted by Crippen LogP contribution is 2.27. The van der Waals surface area contributed by atoms with Crippen LogP contribution in [0.15, 0.2) is 0 Å². The Bertz CT molecular complexity index is 308. The van der Waals surface area contributed by atoms with E-state index < -0.39 is 11.4 Å². The quantitative estimate of drug-likeness (QED) is 0.609. The maximum absolute atomic E-state index is 11.9. The minimum atomic E-state index is -0.862. The summed E-state index contributed by atoms with van der Waals surface area (Å²) in [7, 11) is 0. The van der Waals surface area contributed by atoms with E-state index in [9.17, 15) is 9.59 Å². The Hall–Kier alpha value is -1.14. The first-order chi connectivity index (χ1) is 7.86. The summed E-state index contributed by atoms with van der Waals surface area (Å²) >= 11 is 0. The van der Waals surface area contributed by atoms with Crippen LogP contribution in [0.25, 0.3) is 0 Å². The number of amides is 1. The number of ether oxygens (including phenoxy) is 1. The zero-order chi connectivity index (χ0) is 13.1. The molecular weight excluding hydrogens is 224 g/mol. The van der Waals surface area contributed by atoms with Crippen LogP contribution in [0.2, 0.25) is 0 Å². The van der Waals surface area contributed by atoms with Gasteiger partial charge in [-0.2, -0.15) is 0 Å². The van der Waals surface area contributed by atoms with Crippen molar-refractivity contribution < 1.29 is 19.4 Å². The molecule has 6 nitrogen and oxygen atoms in total. The predicted molar refractivity (Wildman–Crippen MR) is 61.3 cm³/mol. The van der Waals surface area contributed by atoms with Crippen LogP contribution >= 0.6 is 0 Å². The van der Waals surface area contributed by atoms with Gasteiger partial charge >= 0.3 is 5.97 Å². The van der Waals surface area contributed by atoms with Gasteiger partial charge in [0.1, 0.15) is 0 Å². The van der Waals surface area contributed by atoms with Gasteiger partial charge in [-0.15, -0.1) is 0 Å². The van der Waals surface area contributed by atoms with Crippen LogP contribution in [-0.4, -0.2) is 42.8 Å². The fourth-order valence-electron chi connectivity index (χ4n) is 1.76. The smallest absolute Gasteiger partial charge is 0.303 e. The second-order valence-electron chi connectivity index (χ2n) is 4.95. The molecule has 1 amide bonds. The molecule has 1 rings (SSSR count). The van der Waals surface area contributed by atoms with E-state index in [4.69, 9.17) is 15.6 Å². The highest BCUT2D eigenvalue weighted by Gasteiger charge is 2.44. The molecule has 3 atom stereocenters. The average Bonchev–Trinajstić information content (AvgIpc) is 2.56. The van der Waals surface area contributed by atoms with Gasteiger partial charge < -0.3 is 20.9 Å². The topological polar surface area (TPSA) is 102 Å². The third kappa shape index (κ3) is 3.41. The van der Waals surface area contributed by atoms with E-state index in [2.05, 4.69) is 5.32 Å². The predicted octanol–water partition coefficient (Wildman–Crippen LogP) is -0.423. The molecule has 0 aromatic rings. The first-order valence-electron chi connectivity index (χ1n) is 5.69. The van der Waals surface area contributed by atoms with Crippen molar-refractivity contribution in [3.05, 3.63) is 0 Å². The molecule has 6 heteroatoms. The molecule has 3 unspecified atom stereocenters. The number of carbonyl (C=O) groups is 2. The minimum absolute atomic E-state index is 0.0412. The van der Waals surface area contributed by atoms with Gasteiger partial charge in [-0.25, -0.2) is 0 Å². The van der Waals surface area contributed by atoms with E-state index >= 15 is 0 Å². The standard InChI is InChI=1S/C11H20N2O4/c1-7(3-9(14)15)4-13-10(16)11(2)6-17-5-8(11)12/h7-8H,3-6,12H2,1-2H3,(H,13,16)(H,14,15). The lowest BCUT2D eigenvalue weighted by molar-refractivity contribution is -0.138. The van der Waals surface area contributed by atoms with Crippen LogP contribution in [0, 0.1) is 11.3 Å². The van der Waals surface area contributed by atoms with Gasteiger partial charge in [-0.3, -0.25) is 9.59 Å². The number of nitrogens with two attached hydrogens (primary N) is 1. The van der Waals surface area contributed by atoms with Gasteiger partial charge in [0.05, 0.1) is 18.6 Å². The molecule has 0 saturated carbocycles. The summed E-state index contributed by atoms with van der Waals surface area (Å²) < 4.78 is 5.18. The summed E-state index contributed by atoms with van der Waals surface area (Å²) in [4.78, 5) is 22.4. The number of carbonyl (C=O) groups excluding carboxylic acids is 1. The van der Waals surface area contributed by atoms with E-state index in [1.807, 2.05) is 0 Å². The molecule has 4 N–H and O–H groups in total. The molecule has 0 radical (unpaired) electrons. The Morgan fingerprint density at radius 3 is 2.76 bits per heavy atom. The normalized spacial score (nSPS) is 29.9. The molecule has 1 fully saturated rings. The number of hydrogen-bond donors (Lipinski definition) is 3. The molecule has 0 bridgehead atoms. The van der Waals surface area contributed by atoms with Crippen LogP contribution in [0.1, 0.15) is 20.3 Å². The van der Waals surface area contributed by atoms with Crippen molar-refractivity contribution in [3.8, 4) is 0 Å². The lowest BCUT2D eigenvalue weighted by Gasteiger charge is -2.26. The summed E-state index contributed by atoms with van der Waals surface area (Å²) in [6, 6.07) is -0.308. The number of nitrogens with one attached hydrogen (secondary N) is 1. The summed E-state index contributed by atoms with van der Waals surface area (Å²) in [6.45, 7) is 4.58. The molecule has 98 valence electrons. The van der Waals surface area contributed by atoms with Gasteiger partial charge in [0, 0.05) is 19.0 Å². The molecule has 1 heterocycles. The van der Waals surface area contributed by atoms with Crippen molar-refractivity contribution in [3.63, 3.8) is 0 Å². The van der Waals surface area contributed by atoms with Gasteiger partial charge in [-0.05, 0) is 12.8 Å². The summed E-state index contributed by atoms with van der Waals surface area (Å²) in [5.74, 6) is -1.13. The fraction of sp³-hybridized carbons (Fsp3) is 0.818. The maximum Gasteiger partial charge on any atom is 0.303 e. The van der Waals surface area contributed by atoms with Crippen molar-refractivity contribution in [2.24, 2.45) is 17.1 Å². The van der Waals surface area contributed by atoms with Crippen LogP contribution in [0.4, 0.5) is 0 Å². The maximum atomic E-state index is 11.9. The van der Waals surface area contributed by atoms with E-state index in [-0.39, 0.29) is 24.3 Å². The Labute approximate surface area is 101 Å². The lowest BCUT2D eigenvalue weighted by atomic mass is 9.84. The number of aliphatic carboxylic acids is 1. The Morgan fingerprint density at radius 1 is 1.65 bits per heavy atom. The van der Waals surface area contributed by atoms with E-state index in [0.717, 1.165) is 0 Å². The van der Waals surface area contributed by atoms with Crippen molar-refractivity contribution in [2.45, 2.75) is 26.3 Å². The Kier molecular flexibility index (Phi) is 4.47. The summed E-state index contributed by atoms with van der Waals surface area (Å²) in [6.07, 6.45) is 0.0412. The van der Waals surface area contributed by atoms with Crippen LogP contribution < -0.4 is 11.1 Å². The van der Waals surface area contributed by atoms with Crippen molar-refractivity contribution in [1.29, 1.82) is 0 Å². The summed E-state index contributed by atoms with van der Waals surface area (Å²) in [5.41, 5.74) is 5.12. The molecule has 1 aliphatic heterocycles. The van der Waals surface area contributed by atoms with Crippen molar-refractivity contribution in [2.75, 3.05) is 19.8 Å². The highest BCUT2D eigenvalue weighted by molar-refractivity contribution is 5.83. The average molecular weight is 244 g/mol. The first kappa shape index (κ1) is 13.9. The Balaban J connectivity index is 2.42. The first-order valence-corrected chi connectivity index (χ1v) is 5.69. The summed E-state index contributed by atoms with van der Waals surface area (Å²) in [5, 5.41) is 11.3. The molecular formula is C11H20N2O4. The fourth-order valence-corrected chi connectivity index (χ4v) is 1.76. The number of hydrogen-bond acceptors (Lipinski definition) is 4. The van der Waals surface area contributed by atoms with E-state index in [0.29, 0.717) is 19.8 Å². The van der Waals surface area contributed by atoms with Crippen LogP contribution in [-0.2, 0) is 14.3 Å². The molecule has 0 aromatic carbocycles. The SMILES string of the molecule is CC(CNC(=O)C1(C)COCC1N)CC(=O)O. The van der Waals surface area contributed by atoms with Gasteiger partial charge in [0.15, 0.2) is 0 Å². The zero-order valence-corrected chi connectivity index (χ0v) is 10.2. The number of carboxylic acids is 1. The third-order valence-electron chi connectivity index (χ3n) is 3.17. The van der Waals surface area contributed by atoms with Gasteiger partial charge in [0.2, 0.25) is 5.91 Å². The monoisotopic (exact) mass is 244 g/mol. The second kappa shape index (κ2) is 5.46. The molecule has 1 saturated heterocycles. The Morgan fingerprint density at radius 2 is 2.29 bits per heavy atom. The van der Waals surface area contributed by atoms with Crippen molar-refractivity contribution >= 4 is 11.9 Å². The molecule has 17 heavy (non-hydrogen) atoms. The number of rotatable bonds is 5. The molecule has 0 aromatic heterocycles. The molecule has 1 aliphatic rings. The van der Waals surface area contributed by atoms with Crippen molar-refractivity contribution in [1.82, 2.24) is 5.32 Å². The minimum Gasteiger partial charge on any atom is -0.481 e.